The summed E-state index contributed by atoms with van der Waals surface area (Å²) in [6.07, 6.45) is 1.59. The molecule has 7 heteroatoms. The minimum atomic E-state index is -0.403. The molecule has 0 spiro atoms. The lowest BCUT2D eigenvalue weighted by Gasteiger charge is -2.27. The van der Waals surface area contributed by atoms with Crippen LogP contribution in [0.1, 0.15) is 25.8 Å². The van der Waals surface area contributed by atoms with Crippen LogP contribution in [0.15, 0.2) is 12.1 Å². The molecule has 0 radical (unpaired) electrons. The molecule has 1 aliphatic heterocycles. The maximum Gasteiger partial charge on any atom is 0.315 e. The molecule has 134 valence electrons. The Morgan fingerprint density at radius 3 is 2.62 bits per heavy atom. The summed E-state index contributed by atoms with van der Waals surface area (Å²) < 4.78 is 10.9. The molecule has 1 heterocycles. The van der Waals surface area contributed by atoms with Crippen molar-refractivity contribution in [2.45, 2.75) is 32.8 Å². The van der Waals surface area contributed by atoms with E-state index in [0.717, 1.165) is 51.1 Å². The number of nitrogens with zero attached hydrogens (tertiary/aromatic N) is 2. The van der Waals surface area contributed by atoms with Crippen LogP contribution in [0.4, 0.5) is 5.69 Å². The fraction of sp³-hybridized carbons (Fsp3) is 0.647. The fourth-order valence-corrected chi connectivity index (χ4v) is 2.87. The highest BCUT2D eigenvalue weighted by atomic mass is 16.6. The first-order valence-electron chi connectivity index (χ1n) is 8.46. The van der Waals surface area contributed by atoms with Gasteiger partial charge in [0.25, 0.3) is 0 Å². The molecule has 1 saturated heterocycles. The maximum absolute atomic E-state index is 11.4. The van der Waals surface area contributed by atoms with Gasteiger partial charge in [0, 0.05) is 32.2 Å². The maximum atomic E-state index is 11.4. The van der Waals surface area contributed by atoms with Crippen molar-refractivity contribution >= 4 is 5.69 Å². The monoisotopic (exact) mass is 337 g/mol. The third-order valence-corrected chi connectivity index (χ3v) is 4.01. The third kappa shape index (κ3) is 5.07. The van der Waals surface area contributed by atoms with Gasteiger partial charge in [0.2, 0.25) is 5.75 Å². The van der Waals surface area contributed by atoms with Gasteiger partial charge in [-0.05, 0) is 44.9 Å². The first-order valence-corrected chi connectivity index (χ1v) is 8.46. The molecule has 0 aliphatic carbocycles. The van der Waals surface area contributed by atoms with E-state index >= 15 is 0 Å². The second kappa shape index (κ2) is 8.84. The number of rotatable bonds is 8. The van der Waals surface area contributed by atoms with Crippen LogP contribution in [-0.2, 0) is 6.42 Å². The standard InChI is InChI=1S/C17H27N3O4/c1-13(2)24-17-15(20(21)22)11-14(12-16(17)23-3)5-4-8-19-9-6-18-7-10-19/h11-13,18H,4-10H2,1-3H3. The van der Waals surface area contributed by atoms with E-state index < -0.39 is 4.92 Å². The van der Waals surface area contributed by atoms with Gasteiger partial charge in [0.15, 0.2) is 5.75 Å². The molecule has 0 saturated carbocycles. The number of aryl methyl sites for hydroxylation is 1. The highest BCUT2D eigenvalue weighted by Crippen LogP contribution is 2.39. The molecule has 0 bridgehead atoms. The lowest BCUT2D eigenvalue weighted by molar-refractivity contribution is -0.386. The summed E-state index contributed by atoms with van der Waals surface area (Å²) in [6.45, 7) is 8.85. The van der Waals surface area contributed by atoms with Gasteiger partial charge in [-0.15, -0.1) is 0 Å². The molecule has 0 atom stereocenters. The zero-order valence-electron chi connectivity index (χ0n) is 14.7. The van der Waals surface area contributed by atoms with Crippen molar-refractivity contribution in [3.8, 4) is 11.5 Å². The molecule has 1 fully saturated rings. The molecule has 1 N–H and O–H groups in total. The Hall–Kier alpha value is -1.86. The first kappa shape index (κ1) is 18.5. The molecule has 1 aliphatic rings. The van der Waals surface area contributed by atoms with Gasteiger partial charge in [0.1, 0.15) is 0 Å². The number of nitro groups is 1. The van der Waals surface area contributed by atoms with E-state index in [1.165, 1.54) is 7.11 Å². The van der Waals surface area contributed by atoms with Crippen molar-refractivity contribution in [3.63, 3.8) is 0 Å². The lowest BCUT2D eigenvalue weighted by Crippen LogP contribution is -2.43. The zero-order valence-corrected chi connectivity index (χ0v) is 14.7. The Morgan fingerprint density at radius 2 is 2.04 bits per heavy atom. The van der Waals surface area contributed by atoms with E-state index in [9.17, 15) is 10.1 Å². The Labute approximate surface area is 143 Å². The predicted octanol–water partition coefficient (Wildman–Crippen LogP) is 2.23. The summed E-state index contributed by atoms with van der Waals surface area (Å²) in [5, 5.41) is 14.7. The number of piperazine rings is 1. The van der Waals surface area contributed by atoms with Gasteiger partial charge in [-0.1, -0.05) is 0 Å². The number of hydrogen-bond donors (Lipinski definition) is 1. The van der Waals surface area contributed by atoms with Crippen molar-refractivity contribution in [3.05, 3.63) is 27.8 Å². The smallest absolute Gasteiger partial charge is 0.315 e. The second-order valence-corrected chi connectivity index (χ2v) is 6.27. The van der Waals surface area contributed by atoms with Crippen LogP contribution in [0.2, 0.25) is 0 Å². The van der Waals surface area contributed by atoms with Crippen LogP contribution in [0.5, 0.6) is 11.5 Å². The summed E-state index contributed by atoms with van der Waals surface area (Å²) in [7, 11) is 1.51. The van der Waals surface area contributed by atoms with E-state index in [1.54, 1.807) is 6.07 Å². The summed E-state index contributed by atoms with van der Waals surface area (Å²) in [5.74, 6) is 0.637. The van der Waals surface area contributed by atoms with E-state index in [1.807, 2.05) is 19.9 Å². The molecule has 0 unspecified atom stereocenters. The molecular formula is C17H27N3O4. The Bertz CT molecular complexity index is 557. The summed E-state index contributed by atoms with van der Waals surface area (Å²) in [6, 6.07) is 3.46. The van der Waals surface area contributed by atoms with Crippen LogP contribution in [0, 0.1) is 10.1 Å². The number of nitro benzene ring substituents is 1. The topological polar surface area (TPSA) is 76.9 Å². The SMILES string of the molecule is COc1cc(CCCN2CCNCC2)cc([N+](=O)[O-])c1OC(C)C. The summed E-state index contributed by atoms with van der Waals surface area (Å²) in [4.78, 5) is 13.4. The molecule has 0 amide bonds. The van der Waals surface area contributed by atoms with Gasteiger partial charge in [-0.3, -0.25) is 10.1 Å². The Morgan fingerprint density at radius 1 is 1.33 bits per heavy atom. The van der Waals surface area contributed by atoms with E-state index in [4.69, 9.17) is 9.47 Å². The largest absolute Gasteiger partial charge is 0.493 e. The highest BCUT2D eigenvalue weighted by molar-refractivity contribution is 5.58. The summed E-state index contributed by atoms with van der Waals surface area (Å²) in [5.41, 5.74) is 0.880. The van der Waals surface area contributed by atoms with Crippen molar-refractivity contribution in [2.24, 2.45) is 0 Å². The predicted molar refractivity (Wildman–Crippen MR) is 93.0 cm³/mol. The molecule has 24 heavy (non-hydrogen) atoms. The lowest BCUT2D eigenvalue weighted by atomic mass is 10.1. The number of methoxy groups -OCH3 is 1. The van der Waals surface area contributed by atoms with E-state index in [0.29, 0.717) is 5.75 Å². The van der Waals surface area contributed by atoms with Crippen molar-refractivity contribution in [2.75, 3.05) is 39.8 Å². The second-order valence-electron chi connectivity index (χ2n) is 6.27. The van der Waals surface area contributed by atoms with E-state index in [-0.39, 0.29) is 17.5 Å². The van der Waals surface area contributed by atoms with E-state index in [2.05, 4.69) is 10.2 Å². The zero-order chi connectivity index (χ0) is 17.5. The van der Waals surface area contributed by atoms with Crippen molar-refractivity contribution < 1.29 is 14.4 Å². The summed E-state index contributed by atoms with van der Waals surface area (Å²) >= 11 is 0. The Kier molecular flexibility index (Phi) is 6.81. The molecule has 7 nitrogen and oxygen atoms in total. The van der Waals surface area contributed by atoms with Crippen LogP contribution in [0.3, 0.4) is 0 Å². The van der Waals surface area contributed by atoms with Crippen molar-refractivity contribution in [1.82, 2.24) is 10.2 Å². The normalized spacial score (nSPS) is 15.5. The van der Waals surface area contributed by atoms with Crippen LogP contribution in [0.25, 0.3) is 0 Å². The number of ether oxygens (including phenoxy) is 2. The molecule has 1 aromatic rings. The van der Waals surface area contributed by atoms with Crippen LogP contribution < -0.4 is 14.8 Å². The average Bonchev–Trinajstić information content (AvgIpc) is 2.56. The fourth-order valence-electron chi connectivity index (χ4n) is 2.87. The van der Waals surface area contributed by atoms with Gasteiger partial charge >= 0.3 is 5.69 Å². The third-order valence-electron chi connectivity index (χ3n) is 4.01. The quantitative estimate of drug-likeness (QED) is 0.579. The molecule has 2 rings (SSSR count). The first-order chi connectivity index (χ1) is 11.5. The Balaban J connectivity index is 2.09. The minimum absolute atomic E-state index is 0.0276. The number of benzene rings is 1. The number of hydrogen-bond acceptors (Lipinski definition) is 6. The highest BCUT2D eigenvalue weighted by Gasteiger charge is 2.23. The van der Waals surface area contributed by atoms with Gasteiger partial charge in [-0.2, -0.15) is 0 Å². The molecule has 1 aromatic carbocycles. The number of nitrogens with one attached hydrogen (secondary N) is 1. The van der Waals surface area contributed by atoms with Gasteiger partial charge in [0.05, 0.1) is 18.1 Å². The minimum Gasteiger partial charge on any atom is -0.493 e. The van der Waals surface area contributed by atoms with Crippen molar-refractivity contribution in [1.29, 1.82) is 0 Å². The van der Waals surface area contributed by atoms with Crippen LogP contribution in [-0.4, -0.2) is 55.8 Å². The molecular weight excluding hydrogens is 310 g/mol. The average molecular weight is 337 g/mol. The van der Waals surface area contributed by atoms with Crippen LogP contribution >= 0.6 is 0 Å². The van der Waals surface area contributed by atoms with Gasteiger partial charge in [-0.25, -0.2) is 0 Å². The van der Waals surface area contributed by atoms with Gasteiger partial charge < -0.3 is 19.7 Å². The molecule has 0 aromatic heterocycles.